The Morgan fingerprint density at radius 2 is 1.48 bits per heavy atom. The number of benzene rings is 5. The van der Waals surface area contributed by atoms with Crippen LogP contribution in [0.25, 0.3) is 50.5 Å². The van der Waals surface area contributed by atoms with Crippen LogP contribution in [0.1, 0.15) is 112 Å². The van der Waals surface area contributed by atoms with Crippen molar-refractivity contribution in [1.82, 2.24) is 4.57 Å². The molecule has 3 unspecified atom stereocenters. The van der Waals surface area contributed by atoms with E-state index in [9.17, 15) is 0 Å². The van der Waals surface area contributed by atoms with Crippen LogP contribution in [-0.2, 0) is 0 Å². The molecule has 0 saturated heterocycles. The average Bonchev–Trinajstić information content (AvgIpc) is 3.80. The van der Waals surface area contributed by atoms with Gasteiger partial charge < -0.3 is 4.57 Å². The Labute approximate surface area is 374 Å². The quantitative estimate of drug-likeness (QED) is 0.113. The summed E-state index contributed by atoms with van der Waals surface area (Å²) in [5, 5.41) is 1.27. The molecule has 2 aliphatic carbocycles. The van der Waals surface area contributed by atoms with Gasteiger partial charge in [-0.1, -0.05) is 186 Å². The molecule has 5 aromatic carbocycles. The molecule has 1 aliphatic heterocycles. The monoisotopic (exact) mass is 819 g/mol. The van der Waals surface area contributed by atoms with Crippen LogP contribution in [0.4, 0.5) is 0 Å². The Morgan fingerprint density at radius 3 is 2.25 bits per heavy atom. The van der Waals surface area contributed by atoms with E-state index in [1.165, 1.54) is 66.8 Å². The first-order valence-corrected chi connectivity index (χ1v) is 22.7. The van der Waals surface area contributed by atoms with E-state index in [0.29, 0.717) is 5.92 Å². The third-order valence-corrected chi connectivity index (χ3v) is 13.2. The molecule has 0 amide bonds. The van der Waals surface area contributed by atoms with Crippen LogP contribution < -0.4 is 0 Å². The summed E-state index contributed by atoms with van der Waals surface area (Å²) < 4.78 is 2.50. The number of hydrogen-bond donors (Lipinski definition) is 0. The first-order valence-electron chi connectivity index (χ1n) is 22.7. The highest BCUT2D eigenvalue weighted by molar-refractivity contribution is 6.13. The molecular weight excluding hydrogens is 763 g/mol. The molecule has 2 heterocycles. The lowest BCUT2D eigenvalue weighted by molar-refractivity contribution is 0.708. The number of aromatic nitrogens is 1. The highest BCUT2D eigenvalue weighted by Gasteiger charge is 2.32. The minimum Gasteiger partial charge on any atom is -0.312 e. The van der Waals surface area contributed by atoms with Gasteiger partial charge in [-0.25, -0.2) is 9.98 Å². The van der Waals surface area contributed by atoms with Crippen LogP contribution >= 0.6 is 0 Å². The third-order valence-electron chi connectivity index (χ3n) is 13.2. The summed E-state index contributed by atoms with van der Waals surface area (Å²) in [4.78, 5) is 11.0. The minimum absolute atomic E-state index is 0.0881. The van der Waals surface area contributed by atoms with Gasteiger partial charge in [0.1, 0.15) is 0 Å². The molecule has 312 valence electrons. The zero-order valence-electron chi connectivity index (χ0n) is 37.8. The molecule has 1 aromatic heterocycles. The van der Waals surface area contributed by atoms with Gasteiger partial charge in [0.05, 0.1) is 11.2 Å². The van der Waals surface area contributed by atoms with E-state index < -0.39 is 0 Å². The van der Waals surface area contributed by atoms with Crippen LogP contribution in [0.3, 0.4) is 0 Å². The highest BCUT2D eigenvalue weighted by Crippen LogP contribution is 2.49. The standard InChI is InChI=1S/C60H57N3/c1-9-22-52-57-51(34-21-36-54(57)63-53-35-17-16-29-46(53)42(7)59(52)63)50-33-20-32-49-48-31-19-30-47(55(48)40(5)24-14-15-25-41(6)56(49)50)43(8)61-60(44-26-12-11-13-27-44)62-58(39(4)10-2)45-28-18-23-38(3)37-45/h9,11-36,38,40,42H,6,10,37H2,1-5,7-8H3/b22-9-,24-14-,25-15-,58-39-,61-43?,62-60?. The number of nitrogens with zero attached hydrogens (tertiary/aromatic N) is 3. The Balaban J connectivity index is 1.26. The molecule has 0 N–H and O–H groups in total. The Morgan fingerprint density at radius 1 is 0.762 bits per heavy atom. The van der Waals surface area contributed by atoms with Gasteiger partial charge in [-0.05, 0) is 107 Å². The summed E-state index contributed by atoms with van der Waals surface area (Å²) in [5.41, 5.74) is 21.2. The number of rotatable bonds is 7. The zero-order valence-corrected chi connectivity index (χ0v) is 37.8. The lowest BCUT2D eigenvalue weighted by atomic mass is 9.80. The molecule has 3 atom stereocenters. The second kappa shape index (κ2) is 17.5. The number of allylic oxidation sites excluding steroid dienone is 11. The number of aliphatic imine (C=N–C) groups is 2. The Kier molecular flexibility index (Phi) is 11.5. The zero-order chi connectivity index (χ0) is 43.8. The number of fused-ring (bicyclic) bond motifs is 8. The fourth-order valence-corrected chi connectivity index (χ4v) is 10.1. The number of hydrogen-bond acceptors (Lipinski definition) is 1. The van der Waals surface area contributed by atoms with Crippen LogP contribution in [0.15, 0.2) is 191 Å². The summed E-state index contributed by atoms with van der Waals surface area (Å²) in [6, 6.07) is 39.7. The molecule has 3 nitrogen and oxygen atoms in total. The van der Waals surface area contributed by atoms with Crippen molar-refractivity contribution < 1.29 is 0 Å². The Bertz CT molecular complexity index is 3040. The van der Waals surface area contributed by atoms with Crippen LogP contribution in [-0.4, -0.2) is 16.1 Å². The van der Waals surface area contributed by atoms with Gasteiger partial charge >= 0.3 is 0 Å². The molecule has 63 heavy (non-hydrogen) atoms. The normalized spacial score (nSPS) is 19.9. The second-order valence-corrected chi connectivity index (χ2v) is 17.4. The second-order valence-electron chi connectivity index (χ2n) is 17.4. The predicted molar refractivity (Wildman–Crippen MR) is 271 cm³/mol. The molecule has 0 saturated carbocycles. The molecule has 9 rings (SSSR count). The van der Waals surface area contributed by atoms with E-state index in [2.05, 4.69) is 217 Å². The van der Waals surface area contributed by atoms with Crippen molar-refractivity contribution in [3.8, 4) is 27.9 Å². The number of amidine groups is 1. The summed E-state index contributed by atoms with van der Waals surface area (Å²) in [5.74, 6) is 1.54. The van der Waals surface area contributed by atoms with E-state index in [0.717, 1.165) is 57.9 Å². The smallest absolute Gasteiger partial charge is 0.160 e. The predicted octanol–water partition coefficient (Wildman–Crippen LogP) is 16.2. The van der Waals surface area contributed by atoms with Crippen molar-refractivity contribution in [3.05, 3.63) is 220 Å². The van der Waals surface area contributed by atoms with Gasteiger partial charge in [-0.3, -0.25) is 0 Å². The van der Waals surface area contributed by atoms with Gasteiger partial charge in [0.2, 0.25) is 0 Å². The highest BCUT2D eigenvalue weighted by atomic mass is 15.0. The lowest BCUT2D eigenvalue weighted by Crippen LogP contribution is -2.10. The molecular formula is C60H57N3. The van der Waals surface area contributed by atoms with Crippen LogP contribution in [0.5, 0.6) is 0 Å². The van der Waals surface area contributed by atoms with Gasteiger partial charge in [0.15, 0.2) is 5.84 Å². The van der Waals surface area contributed by atoms with Crippen LogP contribution in [0, 0.1) is 5.92 Å². The van der Waals surface area contributed by atoms with Gasteiger partial charge in [0.25, 0.3) is 0 Å². The van der Waals surface area contributed by atoms with Gasteiger partial charge in [0, 0.05) is 51.0 Å². The van der Waals surface area contributed by atoms with E-state index in [-0.39, 0.29) is 11.8 Å². The molecule has 0 radical (unpaired) electrons. The fourth-order valence-electron chi connectivity index (χ4n) is 10.1. The molecule has 0 spiro atoms. The number of para-hydroxylation sites is 1. The molecule has 6 aromatic rings. The maximum atomic E-state index is 5.49. The SMILES string of the molecule is C=C1/C=C\C=C/C(C)c2c(C(C)=NC(=N/C(C3=CC=CC(C)C3)=C(/C)CC)c3ccccc3)cccc2-c2cccc(-c3cccc4c3c(/C=C\C)c3n4-c4ccccc4C3C)c21. The fraction of sp³-hybridized carbons (Fsp3) is 0.200. The van der Waals surface area contributed by atoms with Crippen molar-refractivity contribution >= 4 is 34.1 Å². The van der Waals surface area contributed by atoms with Crippen molar-refractivity contribution in [1.29, 1.82) is 0 Å². The van der Waals surface area contributed by atoms with Crippen molar-refractivity contribution in [2.24, 2.45) is 15.9 Å². The molecule has 3 aliphatic rings. The summed E-state index contributed by atoms with van der Waals surface area (Å²) in [7, 11) is 0. The summed E-state index contributed by atoms with van der Waals surface area (Å²) in [6.45, 7) is 20.4. The summed E-state index contributed by atoms with van der Waals surface area (Å²) in [6.07, 6.45) is 21.8. The van der Waals surface area contributed by atoms with Crippen molar-refractivity contribution in [2.75, 3.05) is 0 Å². The van der Waals surface area contributed by atoms with E-state index in [4.69, 9.17) is 16.6 Å². The first kappa shape index (κ1) is 41.5. The molecule has 0 bridgehead atoms. The minimum atomic E-state index is 0.0881. The van der Waals surface area contributed by atoms with E-state index in [1.54, 1.807) is 0 Å². The topological polar surface area (TPSA) is 29.6 Å². The lowest BCUT2D eigenvalue weighted by Gasteiger charge is -2.24. The third kappa shape index (κ3) is 7.50. The van der Waals surface area contributed by atoms with Gasteiger partial charge in [-0.2, -0.15) is 0 Å². The van der Waals surface area contributed by atoms with Crippen molar-refractivity contribution in [3.63, 3.8) is 0 Å². The average molecular weight is 820 g/mol. The van der Waals surface area contributed by atoms with Gasteiger partial charge in [-0.15, -0.1) is 0 Å². The maximum Gasteiger partial charge on any atom is 0.160 e. The van der Waals surface area contributed by atoms with Crippen LogP contribution in [0.2, 0.25) is 0 Å². The largest absolute Gasteiger partial charge is 0.312 e. The Hall–Kier alpha value is -6.84. The summed E-state index contributed by atoms with van der Waals surface area (Å²) >= 11 is 0. The maximum absolute atomic E-state index is 5.49. The first-order chi connectivity index (χ1) is 30.7. The van der Waals surface area contributed by atoms with E-state index >= 15 is 0 Å². The van der Waals surface area contributed by atoms with E-state index in [1.807, 2.05) is 0 Å². The van der Waals surface area contributed by atoms with Crippen molar-refractivity contribution in [2.45, 2.75) is 73.1 Å². The molecule has 0 fully saturated rings. The molecule has 3 heteroatoms.